The van der Waals surface area contributed by atoms with Gasteiger partial charge in [-0.2, -0.15) is 5.26 Å². The number of hydrogen-bond donors (Lipinski definition) is 1. The van der Waals surface area contributed by atoms with E-state index in [-0.39, 0.29) is 0 Å². The van der Waals surface area contributed by atoms with Crippen LogP contribution >= 0.6 is 0 Å². The van der Waals surface area contributed by atoms with Crippen molar-refractivity contribution in [3.8, 4) is 6.07 Å². The van der Waals surface area contributed by atoms with E-state index in [9.17, 15) is 0 Å². The minimum atomic E-state index is 0.706. The lowest BCUT2D eigenvalue weighted by molar-refractivity contribution is 0.897. The summed E-state index contributed by atoms with van der Waals surface area (Å²) in [7, 11) is 1.76. The van der Waals surface area contributed by atoms with E-state index in [1.165, 1.54) is 5.56 Å². The molecule has 0 amide bonds. The summed E-state index contributed by atoms with van der Waals surface area (Å²) in [5.74, 6) is 0.916. The summed E-state index contributed by atoms with van der Waals surface area (Å²) in [6.45, 7) is 4.69. The van der Waals surface area contributed by atoms with E-state index in [1.54, 1.807) is 7.05 Å². The van der Waals surface area contributed by atoms with E-state index in [1.807, 2.05) is 32.0 Å². The summed E-state index contributed by atoms with van der Waals surface area (Å²) in [5, 5.41) is 11.9. The molecule has 0 heterocycles. The van der Waals surface area contributed by atoms with E-state index in [4.69, 9.17) is 5.26 Å². The Balaban J connectivity index is 2.75. The first-order valence-corrected chi connectivity index (χ1v) is 4.84. The Kier molecular flexibility index (Phi) is 3.87. The SMILES string of the molecule is CN=C(C)NCc1ccc(C#N)cc1C. The van der Waals surface area contributed by atoms with Crippen molar-refractivity contribution in [2.75, 3.05) is 7.05 Å². The Morgan fingerprint density at radius 2 is 2.27 bits per heavy atom. The minimum absolute atomic E-state index is 0.706. The van der Waals surface area contributed by atoms with E-state index in [0.717, 1.165) is 17.9 Å². The van der Waals surface area contributed by atoms with Crippen LogP contribution < -0.4 is 5.32 Å². The number of nitrogens with zero attached hydrogens (tertiary/aromatic N) is 2. The highest BCUT2D eigenvalue weighted by Crippen LogP contribution is 2.10. The second-order valence-corrected chi connectivity index (χ2v) is 3.42. The predicted molar refractivity (Wildman–Crippen MR) is 61.8 cm³/mol. The third kappa shape index (κ3) is 3.10. The number of benzene rings is 1. The van der Waals surface area contributed by atoms with Crippen LogP contribution in [0, 0.1) is 18.3 Å². The normalized spacial score (nSPS) is 10.9. The van der Waals surface area contributed by atoms with Gasteiger partial charge in [0, 0.05) is 13.6 Å². The molecule has 0 spiro atoms. The zero-order valence-corrected chi connectivity index (χ0v) is 9.33. The van der Waals surface area contributed by atoms with Gasteiger partial charge in [0.2, 0.25) is 0 Å². The first kappa shape index (κ1) is 11.3. The molecular formula is C12H15N3. The number of aliphatic imine (C=N–C) groups is 1. The van der Waals surface area contributed by atoms with Crippen LogP contribution in [0.2, 0.25) is 0 Å². The molecule has 0 aliphatic rings. The highest BCUT2D eigenvalue weighted by molar-refractivity contribution is 5.79. The maximum Gasteiger partial charge on any atom is 0.0991 e. The second kappa shape index (κ2) is 5.16. The molecule has 0 aliphatic heterocycles. The maximum absolute atomic E-state index is 8.72. The molecule has 0 fully saturated rings. The largest absolute Gasteiger partial charge is 0.370 e. The Morgan fingerprint density at radius 1 is 1.53 bits per heavy atom. The lowest BCUT2D eigenvalue weighted by Gasteiger charge is -2.08. The lowest BCUT2D eigenvalue weighted by atomic mass is 10.1. The fraction of sp³-hybridized carbons (Fsp3) is 0.333. The summed E-state index contributed by atoms with van der Waals surface area (Å²) in [5.41, 5.74) is 3.03. The number of amidine groups is 1. The Labute approximate surface area is 90.5 Å². The van der Waals surface area contributed by atoms with Crippen LogP contribution in [0.15, 0.2) is 23.2 Å². The highest BCUT2D eigenvalue weighted by atomic mass is 15.0. The fourth-order valence-electron chi connectivity index (χ4n) is 1.27. The maximum atomic E-state index is 8.72. The molecular weight excluding hydrogens is 186 g/mol. The zero-order valence-electron chi connectivity index (χ0n) is 9.33. The van der Waals surface area contributed by atoms with Gasteiger partial charge >= 0.3 is 0 Å². The molecule has 1 rings (SSSR count). The molecule has 0 saturated carbocycles. The molecule has 78 valence electrons. The molecule has 0 saturated heterocycles. The van der Waals surface area contributed by atoms with Crippen LogP contribution in [0.1, 0.15) is 23.6 Å². The number of hydrogen-bond acceptors (Lipinski definition) is 2. The van der Waals surface area contributed by atoms with Gasteiger partial charge in [0.25, 0.3) is 0 Å². The minimum Gasteiger partial charge on any atom is -0.370 e. The summed E-state index contributed by atoms with van der Waals surface area (Å²) >= 11 is 0. The van der Waals surface area contributed by atoms with Gasteiger partial charge in [-0.3, -0.25) is 4.99 Å². The molecule has 0 radical (unpaired) electrons. The van der Waals surface area contributed by atoms with Gasteiger partial charge in [0.1, 0.15) is 0 Å². The molecule has 15 heavy (non-hydrogen) atoms. The van der Waals surface area contributed by atoms with Crippen molar-refractivity contribution >= 4 is 5.84 Å². The predicted octanol–water partition coefficient (Wildman–Crippen LogP) is 2.00. The Hall–Kier alpha value is -1.82. The van der Waals surface area contributed by atoms with Crippen molar-refractivity contribution in [1.82, 2.24) is 5.32 Å². The first-order chi connectivity index (χ1) is 7.17. The molecule has 0 bridgehead atoms. The van der Waals surface area contributed by atoms with E-state index in [2.05, 4.69) is 16.4 Å². The molecule has 1 N–H and O–H groups in total. The van der Waals surface area contributed by atoms with Gasteiger partial charge in [-0.15, -0.1) is 0 Å². The van der Waals surface area contributed by atoms with Gasteiger partial charge in [0.15, 0.2) is 0 Å². The van der Waals surface area contributed by atoms with Crippen LogP contribution in [0.4, 0.5) is 0 Å². The van der Waals surface area contributed by atoms with Crippen LogP contribution in [0.3, 0.4) is 0 Å². The topological polar surface area (TPSA) is 48.2 Å². The third-order valence-electron chi connectivity index (χ3n) is 2.34. The molecule has 0 unspecified atom stereocenters. The molecule has 1 aromatic rings. The zero-order chi connectivity index (χ0) is 11.3. The number of nitrogens with one attached hydrogen (secondary N) is 1. The Bertz CT molecular complexity index is 413. The van der Waals surface area contributed by atoms with Gasteiger partial charge in [0.05, 0.1) is 17.5 Å². The van der Waals surface area contributed by atoms with Gasteiger partial charge < -0.3 is 5.32 Å². The molecule has 1 aromatic carbocycles. The summed E-state index contributed by atoms with van der Waals surface area (Å²) in [6, 6.07) is 7.84. The van der Waals surface area contributed by atoms with E-state index >= 15 is 0 Å². The van der Waals surface area contributed by atoms with E-state index < -0.39 is 0 Å². The standard InChI is InChI=1S/C12H15N3/c1-9-6-11(7-13)4-5-12(9)8-15-10(2)14-3/h4-6H,8H2,1-3H3,(H,14,15). The summed E-state index contributed by atoms with van der Waals surface area (Å²) < 4.78 is 0. The van der Waals surface area contributed by atoms with Gasteiger partial charge in [-0.25, -0.2) is 0 Å². The van der Waals surface area contributed by atoms with Gasteiger partial charge in [-0.1, -0.05) is 6.07 Å². The molecule has 3 nitrogen and oxygen atoms in total. The highest BCUT2D eigenvalue weighted by Gasteiger charge is 1.99. The smallest absolute Gasteiger partial charge is 0.0991 e. The average Bonchev–Trinajstić information content (AvgIpc) is 2.26. The van der Waals surface area contributed by atoms with Crippen molar-refractivity contribution in [2.45, 2.75) is 20.4 Å². The van der Waals surface area contributed by atoms with Crippen LogP contribution in [-0.4, -0.2) is 12.9 Å². The third-order valence-corrected chi connectivity index (χ3v) is 2.34. The van der Waals surface area contributed by atoms with Crippen LogP contribution in [0.25, 0.3) is 0 Å². The van der Waals surface area contributed by atoms with Crippen LogP contribution in [-0.2, 0) is 6.54 Å². The average molecular weight is 201 g/mol. The van der Waals surface area contributed by atoms with E-state index in [0.29, 0.717) is 5.56 Å². The lowest BCUT2D eigenvalue weighted by Crippen LogP contribution is -2.19. The number of nitriles is 1. The Morgan fingerprint density at radius 3 is 2.80 bits per heavy atom. The number of rotatable bonds is 2. The van der Waals surface area contributed by atoms with Crippen LogP contribution in [0.5, 0.6) is 0 Å². The monoisotopic (exact) mass is 201 g/mol. The molecule has 0 aromatic heterocycles. The fourth-order valence-corrected chi connectivity index (χ4v) is 1.27. The quantitative estimate of drug-likeness (QED) is 0.587. The van der Waals surface area contributed by atoms with Crippen molar-refractivity contribution in [3.05, 3.63) is 34.9 Å². The molecule has 0 atom stereocenters. The van der Waals surface area contributed by atoms with Gasteiger partial charge in [-0.05, 0) is 37.1 Å². The van der Waals surface area contributed by atoms with Crippen molar-refractivity contribution < 1.29 is 0 Å². The summed E-state index contributed by atoms with van der Waals surface area (Å²) in [6.07, 6.45) is 0. The first-order valence-electron chi connectivity index (χ1n) is 4.84. The molecule has 0 aliphatic carbocycles. The van der Waals surface area contributed by atoms with Crippen molar-refractivity contribution in [2.24, 2.45) is 4.99 Å². The van der Waals surface area contributed by atoms with Crippen molar-refractivity contribution in [1.29, 1.82) is 5.26 Å². The second-order valence-electron chi connectivity index (χ2n) is 3.42. The number of aryl methyl sites for hydroxylation is 1. The van der Waals surface area contributed by atoms with Crippen molar-refractivity contribution in [3.63, 3.8) is 0 Å². The molecule has 3 heteroatoms. The summed E-state index contributed by atoms with van der Waals surface area (Å²) in [4.78, 5) is 4.02.